The van der Waals surface area contributed by atoms with E-state index < -0.39 is 0 Å². The van der Waals surface area contributed by atoms with Gasteiger partial charge >= 0.3 is 5.97 Å². The lowest BCUT2D eigenvalue weighted by molar-refractivity contribution is -0.135. The number of carbonyl (C=O) groups excluding carboxylic acids is 1. The van der Waals surface area contributed by atoms with Gasteiger partial charge in [-0.25, -0.2) is 0 Å². The van der Waals surface area contributed by atoms with Crippen molar-refractivity contribution in [3.05, 3.63) is 12.3 Å². The molecule has 0 aliphatic carbocycles. The fraction of sp³-hybridized carbons (Fsp3) is 0.571. The molecule has 0 saturated heterocycles. The van der Waals surface area contributed by atoms with Gasteiger partial charge in [0.15, 0.2) is 0 Å². The molecule has 0 radical (unpaired) electrons. The van der Waals surface area contributed by atoms with Crippen molar-refractivity contribution in [2.45, 2.75) is 19.8 Å². The number of hydrogen-bond donors (Lipinski definition) is 0. The zero-order chi connectivity index (χ0) is 7.82. The molecule has 0 aliphatic rings. The van der Waals surface area contributed by atoms with Crippen LogP contribution in [-0.2, 0) is 9.53 Å². The molecule has 0 spiro atoms. The van der Waals surface area contributed by atoms with Crippen LogP contribution in [0.2, 0.25) is 0 Å². The van der Waals surface area contributed by atoms with Crippen molar-refractivity contribution in [2.75, 3.05) is 5.33 Å². The quantitative estimate of drug-likeness (QED) is 0.306. The Hall–Kier alpha value is -0.310. The van der Waals surface area contributed by atoms with Crippen molar-refractivity contribution in [1.82, 2.24) is 0 Å². The Morgan fingerprint density at radius 3 is 2.90 bits per heavy atom. The van der Waals surface area contributed by atoms with Crippen molar-refractivity contribution < 1.29 is 9.53 Å². The number of unbranched alkanes of at least 4 members (excludes halogenated alkanes) is 1. The third-order valence-electron chi connectivity index (χ3n) is 0.835. The summed E-state index contributed by atoms with van der Waals surface area (Å²) in [7, 11) is 0. The van der Waals surface area contributed by atoms with E-state index in [1.54, 1.807) is 0 Å². The maximum absolute atomic E-state index is 10.2. The first kappa shape index (κ1) is 9.69. The van der Waals surface area contributed by atoms with Gasteiger partial charge in [0.2, 0.25) is 0 Å². The first-order valence-corrected chi connectivity index (χ1v) is 4.27. The Morgan fingerprint density at radius 2 is 2.40 bits per heavy atom. The normalized spacial score (nSPS) is 10.2. The zero-order valence-electron chi connectivity index (χ0n) is 5.97. The van der Waals surface area contributed by atoms with Crippen LogP contribution in [0, 0.1) is 0 Å². The molecule has 0 atom stereocenters. The van der Waals surface area contributed by atoms with E-state index in [0.717, 1.165) is 18.2 Å². The molecular weight excluding hydrogens is 196 g/mol. The minimum absolute atomic E-state index is 0.268. The highest BCUT2D eigenvalue weighted by atomic mass is 79.9. The molecule has 10 heavy (non-hydrogen) atoms. The van der Waals surface area contributed by atoms with Gasteiger partial charge in [-0.05, 0) is 18.9 Å². The maximum Gasteiger partial charge on any atom is 0.307 e. The standard InChI is InChI=1S/C7H11BrO2/c1-7(9)10-6-4-2-3-5-8/h4,6H,2-3,5H2,1H3/b6-4+. The average Bonchev–Trinajstić information content (AvgIpc) is 1.87. The Balaban J connectivity index is 3.12. The lowest BCUT2D eigenvalue weighted by Crippen LogP contribution is -1.89. The van der Waals surface area contributed by atoms with Gasteiger partial charge in [0.05, 0.1) is 6.26 Å². The third kappa shape index (κ3) is 7.69. The average molecular weight is 207 g/mol. The molecule has 0 aromatic carbocycles. The highest BCUT2D eigenvalue weighted by Crippen LogP contribution is 1.94. The first-order valence-electron chi connectivity index (χ1n) is 3.15. The second kappa shape index (κ2) is 6.81. The third-order valence-corrected chi connectivity index (χ3v) is 1.40. The van der Waals surface area contributed by atoms with Gasteiger partial charge in [-0.2, -0.15) is 0 Å². The van der Waals surface area contributed by atoms with Gasteiger partial charge in [-0.15, -0.1) is 0 Å². The van der Waals surface area contributed by atoms with E-state index >= 15 is 0 Å². The summed E-state index contributed by atoms with van der Waals surface area (Å²) in [5, 5.41) is 0.984. The number of rotatable bonds is 4. The Labute approximate surface area is 69.4 Å². The number of hydrogen-bond acceptors (Lipinski definition) is 2. The monoisotopic (exact) mass is 206 g/mol. The second-order valence-corrected chi connectivity index (χ2v) is 2.61. The predicted molar refractivity (Wildman–Crippen MR) is 43.9 cm³/mol. The molecule has 3 heteroatoms. The van der Waals surface area contributed by atoms with Gasteiger partial charge in [-0.3, -0.25) is 4.79 Å². The second-order valence-electron chi connectivity index (χ2n) is 1.81. The minimum atomic E-state index is -0.268. The Bertz CT molecular complexity index is 121. The molecule has 58 valence electrons. The minimum Gasteiger partial charge on any atom is -0.435 e. The summed E-state index contributed by atoms with van der Waals surface area (Å²) < 4.78 is 4.55. The van der Waals surface area contributed by atoms with Crippen molar-refractivity contribution in [1.29, 1.82) is 0 Å². The molecule has 0 unspecified atom stereocenters. The molecule has 0 fully saturated rings. The molecule has 0 amide bonds. The molecular formula is C7H11BrO2. The smallest absolute Gasteiger partial charge is 0.307 e. The van der Waals surface area contributed by atoms with Gasteiger partial charge in [0, 0.05) is 12.3 Å². The molecule has 0 aromatic heterocycles. The maximum atomic E-state index is 10.2. The lowest BCUT2D eigenvalue weighted by atomic mass is 10.3. The number of allylic oxidation sites excluding steroid dienone is 1. The van der Waals surface area contributed by atoms with Crippen LogP contribution in [0.1, 0.15) is 19.8 Å². The summed E-state index contributed by atoms with van der Waals surface area (Å²) in [6, 6.07) is 0. The van der Waals surface area contributed by atoms with Crippen LogP contribution in [0.4, 0.5) is 0 Å². The Morgan fingerprint density at radius 1 is 1.70 bits per heavy atom. The summed E-state index contributed by atoms with van der Waals surface area (Å²) in [6.45, 7) is 1.38. The Kier molecular flexibility index (Phi) is 6.59. The molecule has 0 heterocycles. The number of ether oxygens (including phenoxy) is 1. The summed E-state index contributed by atoms with van der Waals surface area (Å²) in [6.07, 6.45) is 5.28. The molecule has 0 bridgehead atoms. The summed E-state index contributed by atoms with van der Waals surface area (Å²) >= 11 is 3.29. The lowest BCUT2D eigenvalue weighted by Gasteiger charge is -1.89. The van der Waals surface area contributed by atoms with E-state index in [1.165, 1.54) is 13.2 Å². The van der Waals surface area contributed by atoms with Gasteiger partial charge in [-0.1, -0.05) is 15.9 Å². The van der Waals surface area contributed by atoms with E-state index in [2.05, 4.69) is 20.7 Å². The predicted octanol–water partition coefficient (Wildman–Crippen LogP) is 2.24. The van der Waals surface area contributed by atoms with Crippen molar-refractivity contribution >= 4 is 21.9 Å². The van der Waals surface area contributed by atoms with Crippen LogP contribution in [0.15, 0.2) is 12.3 Å². The summed E-state index contributed by atoms with van der Waals surface area (Å²) in [4.78, 5) is 10.2. The summed E-state index contributed by atoms with van der Waals surface area (Å²) in [5.41, 5.74) is 0. The van der Waals surface area contributed by atoms with E-state index in [4.69, 9.17) is 0 Å². The van der Waals surface area contributed by atoms with Crippen molar-refractivity contribution in [2.24, 2.45) is 0 Å². The summed E-state index contributed by atoms with van der Waals surface area (Å²) in [5.74, 6) is -0.268. The number of carbonyl (C=O) groups is 1. The van der Waals surface area contributed by atoms with Crippen LogP contribution in [0.5, 0.6) is 0 Å². The topological polar surface area (TPSA) is 26.3 Å². The molecule has 2 nitrogen and oxygen atoms in total. The molecule has 0 rings (SSSR count). The van der Waals surface area contributed by atoms with Gasteiger partial charge in [0.1, 0.15) is 0 Å². The largest absolute Gasteiger partial charge is 0.435 e. The highest BCUT2D eigenvalue weighted by molar-refractivity contribution is 9.09. The van der Waals surface area contributed by atoms with Crippen LogP contribution in [-0.4, -0.2) is 11.3 Å². The molecule has 0 aliphatic heterocycles. The number of alkyl halides is 1. The highest BCUT2D eigenvalue weighted by Gasteiger charge is 1.83. The molecule has 0 N–H and O–H groups in total. The van der Waals surface area contributed by atoms with Gasteiger partial charge in [0.25, 0.3) is 0 Å². The van der Waals surface area contributed by atoms with Crippen LogP contribution in [0.25, 0.3) is 0 Å². The van der Waals surface area contributed by atoms with Crippen LogP contribution < -0.4 is 0 Å². The number of halogens is 1. The molecule has 0 saturated carbocycles. The number of esters is 1. The SMILES string of the molecule is CC(=O)O/C=C/CCCBr. The van der Waals surface area contributed by atoms with Crippen molar-refractivity contribution in [3.8, 4) is 0 Å². The van der Waals surface area contributed by atoms with E-state index in [0.29, 0.717) is 0 Å². The van der Waals surface area contributed by atoms with E-state index in [9.17, 15) is 4.79 Å². The van der Waals surface area contributed by atoms with Crippen LogP contribution >= 0.6 is 15.9 Å². The van der Waals surface area contributed by atoms with Crippen LogP contribution in [0.3, 0.4) is 0 Å². The van der Waals surface area contributed by atoms with Crippen molar-refractivity contribution in [3.63, 3.8) is 0 Å². The molecule has 0 aromatic rings. The fourth-order valence-electron chi connectivity index (χ4n) is 0.407. The fourth-order valence-corrected chi connectivity index (χ4v) is 0.731. The van der Waals surface area contributed by atoms with E-state index in [1.807, 2.05) is 6.08 Å². The van der Waals surface area contributed by atoms with Gasteiger partial charge < -0.3 is 4.74 Å². The van der Waals surface area contributed by atoms with E-state index in [-0.39, 0.29) is 5.97 Å². The first-order chi connectivity index (χ1) is 4.77. The zero-order valence-corrected chi connectivity index (χ0v) is 7.56.